The summed E-state index contributed by atoms with van der Waals surface area (Å²) in [4.78, 5) is 28.1. The summed E-state index contributed by atoms with van der Waals surface area (Å²) in [5, 5.41) is 22.2. The van der Waals surface area contributed by atoms with Gasteiger partial charge in [-0.05, 0) is 31.0 Å². The van der Waals surface area contributed by atoms with Crippen molar-refractivity contribution in [3.63, 3.8) is 0 Å². The summed E-state index contributed by atoms with van der Waals surface area (Å²) < 4.78 is 0. The Morgan fingerprint density at radius 1 is 1.31 bits per heavy atom. The number of hydrogen-bond acceptors (Lipinski definition) is 5. The van der Waals surface area contributed by atoms with Crippen molar-refractivity contribution in [2.45, 2.75) is 25.4 Å². The number of amides is 2. The van der Waals surface area contributed by atoms with Crippen LogP contribution in [0.15, 0.2) is 18.2 Å². The van der Waals surface area contributed by atoms with Gasteiger partial charge in [0.15, 0.2) is 0 Å². The minimum atomic E-state index is -0.712. The van der Waals surface area contributed by atoms with Crippen LogP contribution in [-0.4, -0.2) is 61.2 Å². The molecule has 0 spiro atoms. The Morgan fingerprint density at radius 3 is 2.69 bits per heavy atom. The standard InChI is InChI=1S/C19H24N4O3/c1-21-18(25)9-15-11-23(12-17(15)24)19(26)13-4-5-16(14(8-13)10-20)22-6-2-3-7-22/h4-5,8,15,17,24H,2-3,6-7,9,11-12H2,1H3,(H,21,25)/t15-,17-/m1/s1. The molecule has 0 unspecified atom stereocenters. The van der Waals surface area contributed by atoms with Gasteiger partial charge in [-0.2, -0.15) is 5.26 Å². The molecular formula is C19H24N4O3. The molecule has 1 aromatic carbocycles. The van der Waals surface area contributed by atoms with Crippen molar-refractivity contribution >= 4 is 17.5 Å². The molecular weight excluding hydrogens is 332 g/mol. The number of hydrogen-bond donors (Lipinski definition) is 2. The van der Waals surface area contributed by atoms with E-state index in [9.17, 15) is 20.0 Å². The van der Waals surface area contributed by atoms with E-state index in [1.807, 2.05) is 6.07 Å². The van der Waals surface area contributed by atoms with Crippen LogP contribution in [0, 0.1) is 17.2 Å². The van der Waals surface area contributed by atoms with E-state index in [1.54, 1.807) is 24.1 Å². The van der Waals surface area contributed by atoms with Crippen LogP contribution in [0.25, 0.3) is 0 Å². The number of nitriles is 1. The van der Waals surface area contributed by atoms with Gasteiger partial charge in [-0.1, -0.05) is 0 Å². The van der Waals surface area contributed by atoms with E-state index in [0.717, 1.165) is 31.6 Å². The van der Waals surface area contributed by atoms with Crippen molar-refractivity contribution in [1.29, 1.82) is 5.26 Å². The Hall–Kier alpha value is -2.59. The number of aliphatic hydroxyl groups excluding tert-OH is 1. The van der Waals surface area contributed by atoms with Crippen LogP contribution in [0.3, 0.4) is 0 Å². The molecule has 0 aromatic heterocycles. The third-order valence-electron chi connectivity index (χ3n) is 5.23. The summed E-state index contributed by atoms with van der Waals surface area (Å²) >= 11 is 0. The Kier molecular flexibility index (Phi) is 5.43. The molecule has 2 N–H and O–H groups in total. The third-order valence-corrected chi connectivity index (χ3v) is 5.23. The summed E-state index contributed by atoms with van der Waals surface area (Å²) in [6, 6.07) is 7.41. The van der Waals surface area contributed by atoms with Crippen LogP contribution >= 0.6 is 0 Å². The summed E-state index contributed by atoms with van der Waals surface area (Å²) in [7, 11) is 1.55. The second kappa shape index (κ2) is 7.75. The molecule has 2 atom stereocenters. The predicted octanol–water partition coefficient (Wildman–Crippen LogP) is 0.727. The highest BCUT2D eigenvalue weighted by Gasteiger charge is 2.35. The lowest BCUT2D eigenvalue weighted by atomic mass is 10.0. The number of aliphatic hydroxyl groups is 1. The van der Waals surface area contributed by atoms with Crippen LogP contribution in [0.2, 0.25) is 0 Å². The fourth-order valence-electron chi connectivity index (χ4n) is 3.74. The molecule has 2 aliphatic rings. The molecule has 2 heterocycles. The summed E-state index contributed by atoms with van der Waals surface area (Å²) in [5.41, 5.74) is 1.82. The lowest BCUT2D eigenvalue weighted by Crippen LogP contribution is -2.30. The zero-order valence-electron chi connectivity index (χ0n) is 14.9. The maximum atomic E-state index is 12.8. The summed E-state index contributed by atoms with van der Waals surface area (Å²) in [6.07, 6.45) is 1.71. The summed E-state index contributed by atoms with van der Waals surface area (Å²) in [6.45, 7) is 2.41. The van der Waals surface area contributed by atoms with Gasteiger partial charge in [0.2, 0.25) is 5.91 Å². The molecule has 0 radical (unpaired) electrons. The number of carbonyl (C=O) groups excluding carboxylic acids is 2. The van der Waals surface area contributed by atoms with Gasteiger partial charge < -0.3 is 20.2 Å². The molecule has 0 bridgehead atoms. The van der Waals surface area contributed by atoms with Crippen LogP contribution < -0.4 is 10.2 Å². The number of rotatable bonds is 4. The van der Waals surface area contributed by atoms with E-state index in [2.05, 4.69) is 16.3 Å². The Morgan fingerprint density at radius 2 is 2.04 bits per heavy atom. The predicted molar refractivity (Wildman–Crippen MR) is 96.7 cm³/mol. The van der Waals surface area contributed by atoms with E-state index >= 15 is 0 Å². The number of nitrogens with one attached hydrogen (secondary N) is 1. The smallest absolute Gasteiger partial charge is 0.253 e. The van der Waals surface area contributed by atoms with Gasteiger partial charge in [0.05, 0.1) is 17.4 Å². The van der Waals surface area contributed by atoms with Crippen LogP contribution in [0.1, 0.15) is 35.2 Å². The van der Waals surface area contributed by atoms with E-state index in [4.69, 9.17) is 0 Å². The number of benzene rings is 1. The van der Waals surface area contributed by atoms with Gasteiger partial charge in [0.1, 0.15) is 6.07 Å². The molecule has 0 aliphatic carbocycles. The zero-order valence-corrected chi connectivity index (χ0v) is 14.9. The summed E-state index contributed by atoms with van der Waals surface area (Å²) in [5.74, 6) is -0.628. The van der Waals surface area contributed by atoms with E-state index in [-0.39, 0.29) is 30.7 Å². The van der Waals surface area contributed by atoms with Gasteiger partial charge in [0.25, 0.3) is 5.91 Å². The molecule has 2 amide bonds. The largest absolute Gasteiger partial charge is 0.391 e. The third kappa shape index (κ3) is 3.65. The van der Waals surface area contributed by atoms with Gasteiger partial charge >= 0.3 is 0 Å². The molecule has 2 fully saturated rings. The monoisotopic (exact) mass is 356 g/mol. The van der Waals surface area contributed by atoms with Crippen molar-refractivity contribution < 1.29 is 14.7 Å². The lowest BCUT2D eigenvalue weighted by molar-refractivity contribution is -0.122. The SMILES string of the molecule is CNC(=O)C[C@@H]1CN(C(=O)c2ccc(N3CCCC3)c(C#N)c2)C[C@H]1O. The highest BCUT2D eigenvalue weighted by atomic mass is 16.3. The van der Waals surface area contributed by atoms with E-state index < -0.39 is 6.10 Å². The van der Waals surface area contributed by atoms with Crippen LogP contribution in [0.5, 0.6) is 0 Å². The fraction of sp³-hybridized carbons (Fsp3) is 0.526. The average Bonchev–Trinajstić information content (AvgIpc) is 3.31. The van der Waals surface area contributed by atoms with Gasteiger partial charge in [-0.3, -0.25) is 9.59 Å². The molecule has 1 aromatic rings. The van der Waals surface area contributed by atoms with Crippen molar-refractivity contribution in [2.75, 3.05) is 38.1 Å². The first-order chi connectivity index (χ1) is 12.5. The molecule has 26 heavy (non-hydrogen) atoms. The Balaban J connectivity index is 1.74. The number of carbonyl (C=O) groups is 2. The molecule has 3 rings (SSSR count). The maximum absolute atomic E-state index is 12.8. The van der Waals surface area contributed by atoms with Gasteiger partial charge in [0, 0.05) is 51.1 Å². The first-order valence-corrected chi connectivity index (χ1v) is 9.00. The number of anilines is 1. The highest BCUT2D eigenvalue weighted by Crippen LogP contribution is 2.27. The van der Waals surface area contributed by atoms with Crippen molar-refractivity contribution in [3.05, 3.63) is 29.3 Å². The highest BCUT2D eigenvalue weighted by molar-refractivity contribution is 5.95. The Labute approximate surface area is 153 Å². The zero-order chi connectivity index (χ0) is 18.7. The van der Waals surface area contributed by atoms with Crippen molar-refractivity contribution in [1.82, 2.24) is 10.2 Å². The quantitative estimate of drug-likeness (QED) is 0.829. The molecule has 2 aliphatic heterocycles. The minimum absolute atomic E-state index is 0.148. The average molecular weight is 356 g/mol. The van der Waals surface area contributed by atoms with Crippen LogP contribution in [-0.2, 0) is 4.79 Å². The first kappa shape index (κ1) is 18.2. The topological polar surface area (TPSA) is 96.7 Å². The second-order valence-corrected chi connectivity index (χ2v) is 6.95. The fourth-order valence-corrected chi connectivity index (χ4v) is 3.74. The molecule has 7 nitrogen and oxygen atoms in total. The van der Waals surface area contributed by atoms with Gasteiger partial charge in [-0.15, -0.1) is 0 Å². The van der Waals surface area contributed by atoms with Crippen LogP contribution in [0.4, 0.5) is 5.69 Å². The van der Waals surface area contributed by atoms with Crippen molar-refractivity contribution in [2.24, 2.45) is 5.92 Å². The number of β-amino-alcohol motifs (C(OH)–C–C–N with tert-alkyl or cyclic N) is 1. The van der Waals surface area contributed by atoms with E-state index in [1.165, 1.54) is 0 Å². The molecule has 7 heteroatoms. The maximum Gasteiger partial charge on any atom is 0.253 e. The van der Waals surface area contributed by atoms with Crippen molar-refractivity contribution in [3.8, 4) is 6.07 Å². The van der Waals surface area contributed by atoms with Gasteiger partial charge in [-0.25, -0.2) is 0 Å². The number of nitrogens with zero attached hydrogens (tertiary/aromatic N) is 3. The Bertz CT molecular complexity index is 737. The first-order valence-electron chi connectivity index (χ1n) is 9.00. The lowest BCUT2D eigenvalue weighted by Gasteiger charge is -2.21. The molecule has 0 saturated carbocycles. The molecule has 138 valence electrons. The van der Waals surface area contributed by atoms with E-state index in [0.29, 0.717) is 17.7 Å². The number of likely N-dealkylation sites (tertiary alicyclic amines) is 1. The molecule has 2 saturated heterocycles. The minimum Gasteiger partial charge on any atom is -0.391 e. The normalized spacial score (nSPS) is 22.3. The second-order valence-electron chi connectivity index (χ2n) is 6.95.